The molecular weight excluding hydrogens is 264 g/mol. The van der Waals surface area contributed by atoms with Gasteiger partial charge in [0.05, 0.1) is 12.6 Å². The standard InChI is InChI=1S/C17H32N2O2/c1-17(2,3)14-6-4-9-19(10-8-14)13-16(20)18-12-15-7-5-11-21-15/h14-15H,4-13H2,1-3H3,(H,18,20). The number of amides is 1. The summed E-state index contributed by atoms with van der Waals surface area (Å²) < 4.78 is 5.54. The molecule has 2 rings (SSSR count). The first kappa shape index (κ1) is 16.8. The van der Waals surface area contributed by atoms with Crippen LogP contribution in [0.15, 0.2) is 0 Å². The van der Waals surface area contributed by atoms with E-state index in [2.05, 4.69) is 31.0 Å². The van der Waals surface area contributed by atoms with Crippen LogP contribution in [0, 0.1) is 11.3 Å². The van der Waals surface area contributed by atoms with E-state index in [4.69, 9.17) is 4.74 Å². The van der Waals surface area contributed by atoms with Crippen LogP contribution < -0.4 is 5.32 Å². The molecule has 2 unspecified atom stereocenters. The Morgan fingerprint density at radius 3 is 2.67 bits per heavy atom. The van der Waals surface area contributed by atoms with Gasteiger partial charge in [0.25, 0.3) is 0 Å². The van der Waals surface area contributed by atoms with Gasteiger partial charge in [0.1, 0.15) is 0 Å². The van der Waals surface area contributed by atoms with Crippen molar-refractivity contribution in [3.05, 3.63) is 0 Å². The summed E-state index contributed by atoms with van der Waals surface area (Å²) in [5.41, 5.74) is 0.387. The summed E-state index contributed by atoms with van der Waals surface area (Å²) in [5.74, 6) is 0.928. The minimum atomic E-state index is 0.153. The van der Waals surface area contributed by atoms with Crippen LogP contribution in [0.2, 0.25) is 0 Å². The van der Waals surface area contributed by atoms with Crippen LogP contribution >= 0.6 is 0 Å². The van der Waals surface area contributed by atoms with Crippen molar-refractivity contribution in [2.45, 2.75) is 59.0 Å². The Kier molecular flexibility index (Phi) is 6.06. The molecule has 0 saturated carbocycles. The number of rotatable bonds is 4. The maximum absolute atomic E-state index is 12.1. The van der Waals surface area contributed by atoms with E-state index < -0.39 is 0 Å². The van der Waals surface area contributed by atoms with Crippen molar-refractivity contribution in [3.8, 4) is 0 Å². The topological polar surface area (TPSA) is 41.6 Å². The normalized spacial score (nSPS) is 28.3. The minimum absolute atomic E-state index is 0.153. The molecule has 0 aromatic rings. The van der Waals surface area contributed by atoms with E-state index in [1.807, 2.05) is 0 Å². The van der Waals surface area contributed by atoms with Crippen molar-refractivity contribution in [1.29, 1.82) is 0 Å². The van der Waals surface area contributed by atoms with Crippen LogP contribution in [-0.2, 0) is 9.53 Å². The number of likely N-dealkylation sites (tertiary alicyclic amines) is 1. The summed E-state index contributed by atoms with van der Waals surface area (Å²) in [6, 6.07) is 0. The summed E-state index contributed by atoms with van der Waals surface area (Å²) >= 11 is 0. The van der Waals surface area contributed by atoms with Crippen molar-refractivity contribution in [3.63, 3.8) is 0 Å². The van der Waals surface area contributed by atoms with Gasteiger partial charge in [-0.2, -0.15) is 0 Å². The second-order valence-electron chi connectivity index (χ2n) is 7.71. The smallest absolute Gasteiger partial charge is 0.234 e. The quantitative estimate of drug-likeness (QED) is 0.866. The second-order valence-corrected chi connectivity index (χ2v) is 7.71. The van der Waals surface area contributed by atoms with Crippen LogP contribution in [0.1, 0.15) is 52.9 Å². The molecule has 2 saturated heterocycles. The van der Waals surface area contributed by atoms with Crippen LogP contribution in [0.4, 0.5) is 0 Å². The Bertz CT molecular complexity index is 332. The maximum atomic E-state index is 12.1. The fraction of sp³-hybridized carbons (Fsp3) is 0.941. The van der Waals surface area contributed by atoms with Crippen molar-refractivity contribution >= 4 is 5.91 Å². The van der Waals surface area contributed by atoms with E-state index in [9.17, 15) is 4.79 Å². The number of carbonyl (C=O) groups excluding carboxylic acids is 1. The Hall–Kier alpha value is -0.610. The van der Waals surface area contributed by atoms with Gasteiger partial charge in [-0.25, -0.2) is 0 Å². The molecule has 4 heteroatoms. The average molecular weight is 296 g/mol. The summed E-state index contributed by atoms with van der Waals surface area (Å²) in [5, 5.41) is 3.03. The zero-order valence-corrected chi connectivity index (χ0v) is 14.0. The van der Waals surface area contributed by atoms with Crippen LogP contribution in [0.5, 0.6) is 0 Å². The maximum Gasteiger partial charge on any atom is 0.234 e. The lowest BCUT2D eigenvalue weighted by atomic mass is 9.77. The van der Waals surface area contributed by atoms with E-state index in [0.717, 1.165) is 38.5 Å². The molecule has 0 aromatic heterocycles. The lowest BCUT2D eigenvalue weighted by Gasteiger charge is -2.29. The molecule has 1 amide bonds. The predicted octanol–water partition coefficient (Wildman–Crippen LogP) is 2.43. The highest BCUT2D eigenvalue weighted by molar-refractivity contribution is 5.78. The highest BCUT2D eigenvalue weighted by atomic mass is 16.5. The lowest BCUT2D eigenvalue weighted by molar-refractivity contribution is -0.122. The van der Waals surface area contributed by atoms with Gasteiger partial charge in [-0.1, -0.05) is 20.8 Å². The van der Waals surface area contributed by atoms with E-state index in [1.165, 1.54) is 19.3 Å². The Balaban J connectivity index is 1.69. The SMILES string of the molecule is CC(C)(C)C1CCCN(CC(=O)NCC2CCCO2)CC1. The van der Waals surface area contributed by atoms with Gasteiger partial charge < -0.3 is 10.1 Å². The number of nitrogens with one attached hydrogen (secondary N) is 1. The van der Waals surface area contributed by atoms with Gasteiger partial charge in [-0.3, -0.25) is 9.69 Å². The highest BCUT2D eigenvalue weighted by Crippen LogP contribution is 2.34. The summed E-state index contributed by atoms with van der Waals surface area (Å²) in [6.07, 6.45) is 6.16. The Morgan fingerprint density at radius 1 is 1.19 bits per heavy atom. The van der Waals surface area contributed by atoms with E-state index >= 15 is 0 Å². The van der Waals surface area contributed by atoms with E-state index in [1.54, 1.807) is 0 Å². The summed E-state index contributed by atoms with van der Waals surface area (Å²) in [7, 11) is 0. The third-order valence-corrected chi connectivity index (χ3v) is 4.96. The van der Waals surface area contributed by atoms with Crippen molar-refractivity contribution < 1.29 is 9.53 Å². The number of hydrogen-bond acceptors (Lipinski definition) is 3. The molecule has 0 aliphatic carbocycles. The first-order valence-corrected chi connectivity index (χ1v) is 8.56. The van der Waals surface area contributed by atoms with Gasteiger partial charge in [-0.15, -0.1) is 0 Å². The number of nitrogens with zero attached hydrogens (tertiary/aromatic N) is 1. The molecule has 122 valence electrons. The third-order valence-electron chi connectivity index (χ3n) is 4.96. The van der Waals surface area contributed by atoms with Crippen molar-refractivity contribution in [1.82, 2.24) is 10.2 Å². The molecule has 0 spiro atoms. The highest BCUT2D eigenvalue weighted by Gasteiger charge is 2.27. The predicted molar refractivity (Wildman–Crippen MR) is 85.2 cm³/mol. The van der Waals surface area contributed by atoms with Gasteiger partial charge >= 0.3 is 0 Å². The average Bonchev–Trinajstić information content (AvgIpc) is 2.81. The van der Waals surface area contributed by atoms with Crippen molar-refractivity contribution in [2.75, 3.05) is 32.8 Å². The third kappa shape index (κ3) is 5.59. The number of carbonyl (C=O) groups is 1. The second kappa shape index (κ2) is 7.59. The fourth-order valence-corrected chi connectivity index (χ4v) is 3.47. The monoisotopic (exact) mass is 296 g/mol. The van der Waals surface area contributed by atoms with Crippen LogP contribution in [0.25, 0.3) is 0 Å². The Labute approximate surface area is 129 Å². The first-order valence-electron chi connectivity index (χ1n) is 8.56. The molecular formula is C17H32N2O2. The molecule has 2 aliphatic rings. The minimum Gasteiger partial charge on any atom is -0.376 e. The molecule has 2 atom stereocenters. The van der Waals surface area contributed by atoms with E-state index in [-0.39, 0.29) is 12.0 Å². The van der Waals surface area contributed by atoms with Crippen molar-refractivity contribution in [2.24, 2.45) is 11.3 Å². The van der Waals surface area contributed by atoms with Crippen LogP contribution in [0.3, 0.4) is 0 Å². The van der Waals surface area contributed by atoms with Gasteiger partial charge in [-0.05, 0) is 56.5 Å². The molecule has 21 heavy (non-hydrogen) atoms. The zero-order valence-electron chi connectivity index (χ0n) is 14.0. The van der Waals surface area contributed by atoms with E-state index in [0.29, 0.717) is 18.5 Å². The summed E-state index contributed by atoms with van der Waals surface area (Å²) in [4.78, 5) is 14.4. The largest absolute Gasteiger partial charge is 0.376 e. The Morgan fingerprint density at radius 2 is 2.00 bits per heavy atom. The van der Waals surface area contributed by atoms with Crippen LogP contribution in [-0.4, -0.2) is 49.7 Å². The van der Waals surface area contributed by atoms with Gasteiger partial charge in [0, 0.05) is 13.2 Å². The van der Waals surface area contributed by atoms with Gasteiger partial charge in [0.15, 0.2) is 0 Å². The molecule has 4 nitrogen and oxygen atoms in total. The first-order chi connectivity index (χ1) is 9.95. The summed E-state index contributed by atoms with van der Waals surface area (Å²) in [6.45, 7) is 11.2. The molecule has 1 N–H and O–H groups in total. The molecule has 2 heterocycles. The molecule has 0 aromatic carbocycles. The molecule has 2 fully saturated rings. The van der Waals surface area contributed by atoms with Gasteiger partial charge in [0.2, 0.25) is 5.91 Å². The fourth-order valence-electron chi connectivity index (χ4n) is 3.47. The lowest BCUT2D eigenvalue weighted by Crippen LogP contribution is -2.40. The zero-order chi connectivity index (χ0) is 15.3. The molecule has 0 radical (unpaired) electrons. The number of ether oxygens (including phenoxy) is 1. The number of hydrogen-bond donors (Lipinski definition) is 1. The molecule has 2 aliphatic heterocycles. The molecule has 0 bridgehead atoms.